The van der Waals surface area contributed by atoms with E-state index in [4.69, 9.17) is 43.2 Å². The molecule has 3 saturated heterocycles. The zero-order valence-electron chi connectivity index (χ0n) is 15.9. The Hall–Kier alpha value is 0.415. The number of fused-ring (bicyclic) bond motifs is 2. The molecule has 0 spiro atoms. The van der Waals surface area contributed by atoms with Gasteiger partial charge in [-0.3, -0.25) is 9.13 Å². The number of hydrogen-bond donors (Lipinski definition) is 0. The fourth-order valence-corrected chi connectivity index (χ4v) is 6.09. The molecule has 0 amide bonds. The van der Waals surface area contributed by atoms with Crippen molar-refractivity contribution >= 4 is 37.9 Å². The minimum atomic E-state index is -3.44. The SMILES string of the molecule is [B][B][C@@H]1O[C@@H]2COP(C)(=O)O[C@H]3[C@@H](C)[C@H]([B])O[C@@H]3COP(C)(=O)O[C@H]2[C@H]1C. The van der Waals surface area contributed by atoms with Gasteiger partial charge in [-0.15, -0.1) is 0 Å². The van der Waals surface area contributed by atoms with E-state index in [0.717, 1.165) is 0 Å². The largest absolute Gasteiger partial charge is 0.379 e. The molecule has 3 aliphatic rings. The monoisotopic (exact) mass is 415 g/mol. The van der Waals surface area contributed by atoms with Gasteiger partial charge in [0, 0.05) is 44.9 Å². The van der Waals surface area contributed by atoms with Crippen LogP contribution in [0.1, 0.15) is 13.8 Å². The van der Waals surface area contributed by atoms with Crippen LogP contribution in [0.4, 0.5) is 0 Å². The topological polar surface area (TPSA) is 89.5 Å². The third kappa shape index (κ3) is 4.95. The van der Waals surface area contributed by atoms with E-state index in [1.165, 1.54) is 20.5 Å². The summed E-state index contributed by atoms with van der Waals surface area (Å²) < 4.78 is 59.8. The quantitative estimate of drug-likeness (QED) is 0.466. The van der Waals surface area contributed by atoms with E-state index in [1.54, 1.807) is 0 Å². The molecular formula is C14H24B3O8P2. The van der Waals surface area contributed by atoms with Gasteiger partial charge in [-0.25, -0.2) is 0 Å². The van der Waals surface area contributed by atoms with Crippen LogP contribution in [-0.2, 0) is 36.7 Å². The van der Waals surface area contributed by atoms with Gasteiger partial charge in [0.25, 0.3) is 0 Å². The Balaban J connectivity index is 1.85. The average molecular weight is 415 g/mol. The van der Waals surface area contributed by atoms with Crippen molar-refractivity contribution in [2.75, 3.05) is 26.5 Å². The molecule has 8 nitrogen and oxygen atoms in total. The Morgan fingerprint density at radius 1 is 0.889 bits per heavy atom. The van der Waals surface area contributed by atoms with Gasteiger partial charge in [0.1, 0.15) is 20.1 Å². The molecule has 2 unspecified atom stereocenters. The van der Waals surface area contributed by atoms with Gasteiger partial charge in [-0.2, -0.15) is 0 Å². The van der Waals surface area contributed by atoms with Crippen LogP contribution in [-0.4, -0.2) is 85.7 Å². The Morgan fingerprint density at radius 2 is 1.37 bits per heavy atom. The molecule has 0 N–H and O–H groups in total. The maximum atomic E-state index is 12.9. The van der Waals surface area contributed by atoms with Crippen molar-refractivity contribution in [2.45, 2.75) is 50.3 Å². The Morgan fingerprint density at radius 3 is 1.89 bits per heavy atom. The van der Waals surface area contributed by atoms with Crippen molar-refractivity contribution in [2.24, 2.45) is 11.8 Å². The number of hydrogen-bond acceptors (Lipinski definition) is 8. The highest BCUT2D eigenvalue weighted by Gasteiger charge is 2.48. The molecule has 0 aromatic rings. The van der Waals surface area contributed by atoms with E-state index in [0.29, 0.717) is 0 Å². The van der Waals surface area contributed by atoms with Crippen molar-refractivity contribution in [3.8, 4) is 0 Å². The van der Waals surface area contributed by atoms with Crippen LogP contribution >= 0.6 is 15.2 Å². The minimum Gasteiger partial charge on any atom is -0.379 e. The standard InChI is InChI=1S/C14H24B3O8P2/c1-7-11-9(22-13(7)15)5-20-27(4,19)25-12-8(2)14(17-16)23-10(12)6-21-26(3,18)24-11/h7-14H,5-6H2,1-4H3/t7-,8-,9-,10-,11+,12+,13-,14-,26?,27?/m1/s1. The van der Waals surface area contributed by atoms with Crippen molar-refractivity contribution in [3.63, 3.8) is 0 Å². The molecule has 0 aromatic heterocycles. The third-order valence-corrected chi connectivity index (χ3v) is 7.72. The first-order valence-electron chi connectivity index (χ1n) is 8.95. The van der Waals surface area contributed by atoms with Gasteiger partial charge in [-0.05, 0) is 0 Å². The lowest BCUT2D eigenvalue weighted by Crippen LogP contribution is -2.35. The van der Waals surface area contributed by atoms with Crippen LogP contribution in [0.2, 0.25) is 0 Å². The van der Waals surface area contributed by atoms with E-state index in [2.05, 4.69) is 0 Å². The first-order valence-corrected chi connectivity index (χ1v) is 12.9. The molecule has 0 aliphatic carbocycles. The molecule has 147 valence electrons. The molecule has 0 saturated carbocycles. The Kier molecular flexibility index (Phi) is 6.77. The molecule has 5 radical (unpaired) electrons. The molecule has 3 fully saturated rings. The van der Waals surface area contributed by atoms with Crippen LogP contribution < -0.4 is 0 Å². The fraction of sp³-hybridized carbons (Fsp3) is 1.00. The van der Waals surface area contributed by atoms with E-state index in [1.807, 2.05) is 13.8 Å². The summed E-state index contributed by atoms with van der Waals surface area (Å²) in [6.45, 7) is 6.33. The normalized spacial score (nSPS) is 54.4. The van der Waals surface area contributed by atoms with Crippen LogP contribution in [0.25, 0.3) is 0 Å². The second-order valence-corrected chi connectivity index (χ2v) is 11.5. The molecule has 3 heterocycles. The predicted octanol–water partition coefficient (Wildman–Crippen LogP) is 1.13. The van der Waals surface area contributed by atoms with Crippen LogP contribution in [0.3, 0.4) is 0 Å². The van der Waals surface area contributed by atoms with E-state index >= 15 is 0 Å². The third-order valence-electron chi connectivity index (χ3n) is 5.23. The maximum absolute atomic E-state index is 12.9. The molecular weight excluding hydrogens is 391 g/mol. The van der Waals surface area contributed by atoms with Gasteiger partial charge in [0.15, 0.2) is 0 Å². The lowest BCUT2D eigenvalue weighted by Gasteiger charge is -2.30. The molecule has 13 heteroatoms. The zero-order valence-corrected chi connectivity index (χ0v) is 17.7. The smallest absolute Gasteiger partial charge is 0.328 e. The van der Waals surface area contributed by atoms with Gasteiger partial charge in [0.2, 0.25) is 0 Å². The van der Waals surface area contributed by atoms with Crippen LogP contribution in [0, 0.1) is 11.8 Å². The van der Waals surface area contributed by atoms with Crippen molar-refractivity contribution in [3.05, 3.63) is 0 Å². The van der Waals surface area contributed by atoms with E-state index in [9.17, 15) is 9.13 Å². The molecule has 3 rings (SSSR count). The van der Waals surface area contributed by atoms with Gasteiger partial charge < -0.3 is 27.6 Å². The Bertz CT molecular complexity index is 639. The van der Waals surface area contributed by atoms with Crippen LogP contribution in [0.15, 0.2) is 0 Å². The lowest BCUT2D eigenvalue weighted by molar-refractivity contribution is -0.0267. The van der Waals surface area contributed by atoms with E-state index < -0.39 is 51.6 Å². The number of ether oxygens (including phenoxy) is 2. The molecule has 27 heavy (non-hydrogen) atoms. The Labute approximate surface area is 163 Å². The maximum Gasteiger partial charge on any atom is 0.328 e. The predicted molar refractivity (Wildman–Crippen MR) is 102 cm³/mol. The lowest BCUT2D eigenvalue weighted by atomic mass is 9.49. The minimum absolute atomic E-state index is 0.0637. The van der Waals surface area contributed by atoms with Crippen LogP contribution in [0.5, 0.6) is 0 Å². The summed E-state index contributed by atoms with van der Waals surface area (Å²) in [6, 6.07) is -1.03. The fourth-order valence-electron chi connectivity index (χ4n) is 3.59. The summed E-state index contributed by atoms with van der Waals surface area (Å²) >= 11 is 0. The second kappa shape index (κ2) is 8.27. The summed E-state index contributed by atoms with van der Waals surface area (Å²) in [5.74, 6) is -0.438. The van der Waals surface area contributed by atoms with Crippen molar-refractivity contribution in [1.82, 2.24) is 0 Å². The average Bonchev–Trinajstić information content (AvgIpc) is 3.02. The highest BCUT2D eigenvalue weighted by molar-refractivity contribution is 7.53. The van der Waals surface area contributed by atoms with E-state index in [-0.39, 0.29) is 25.0 Å². The molecule has 0 aromatic carbocycles. The summed E-state index contributed by atoms with van der Waals surface area (Å²) in [6.07, 6.45) is -2.49. The van der Waals surface area contributed by atoms with Gasteiger partial charge in [-0.1, -0.05) is 13.8 Å². The zero-order chi connectivity index (χ0) is 20.0. The first-order chi connectivity index (χ1) is 12.5. The summed E-state index contributed by atoms with van der Waals surface area (Å²) in [5, 5.41) is 0. The summed E-state index contributed by atoms with van der Waals surface area (Å²) in [7, 11) is 6.09. The summed E-state index contributed by atoms with van der Waals surface area (Å²) in [5.41, 5.74) is 0. The van der Waals surface area contributed by atoms with Crippen molar-refractivity contribution < 1.29 is 36.7 Å². The highest BCUT2D eigenvalue weighted by Crippen LogP contribution is 2.53. The van der Waals surface area contributed by atoms with Gasteiger partial charge >= 0.3 is 15.2 Å². The van der Waals surface area contributed by atoms with Gasteiger partial charge in [0.05, 0.1) is 32.6 Å². The molecule has 0 bridgehead atoms. The second-order valence-electron chi connectivity index (χ2n) is 7.46. The highest BCUT2D eigenvalue weighted by atomic mass is 31.2. The summed E-state index contributed by atoms with van der Waals surface area (Å²) in [4.78, 5) is 0. The number of rotatable bonds is 1. The molecule has 3 aliphatic heterocycles. The van der Waals surface area contributed by atoms with Crippen molar-refractivity contribution in [1.29, 1.82) is 0 Å². The first kappa shape index (κ1) is 22.1. The molecule has 10 atom stereocenters.